The van der Waals surface area contributed by atoms with E-state index in [4.69, 9.17) is 16.3 Å². The Balaban J connectivity index is 1.50. The lowest BCUT2D eigenvalue weighted by atomic mass is 10.1. The van der Waals surface area contributed by atoms with E-state index in [0.717, 1.165) is 24.3 Å². The van der Waals surface area contributed by atoms with E-state index in [1.807, 2.05) is 24.3 Å². The van der Waals surface area contributed by atoms with Crippen molar-refractivity contribution in [1.29, 1.82) is 0 Å². The zero-order valence-corrected chi connectivity index (χ0v) is 16.1. The molecule has 0 saturated carbocycles. The van der Waals surface area contributed by atoms with Gasteiger partial charge in [-0.3, -0.25) is 9.89 Å². The van der Waals surface area contributed by atoms with Gasteiger partial charge in [0.05, 0.1) is 24.6 Å². The number of benzene rings is 1. The van der Waals surface area contributed by atoms with Gasteiger partial charge in [0.15, 0.2) is 5.65 Å². The lowest BCUT2D eigenvalue weighted by Crippen LogP contribution is -2.37. The maximum atomic E-state index is 12.6. The molecule has 1 saturated heterocycles. The van der Waals surface area contributed by atoms with Crippen LogP contribution in [-0.4, -0.2) is 50.9 Å². The average molecular weight is 409 g/mol. The molecule has 0 amide bonds. The van der Waals surface area contributed by atoms with Crippen molar-refractivity contribution in [2.24, 2.45) is 0 Å². The number of fused-ring (bicyclic) bond motifs is 1. The fourth-order valence-corrected chi connectivity index (χ4v) is 3.51. The van der Waals surface area contributed by atoms with Gasteiger partial charge in [0.25, 0.3) is 5.56 Å². The molecule has 0 atom stereocenters. The number of halogens is 1. The van der Waals surface area contributed by atoms with Gasteiger partial charge in [0.2, 0.25) is 5.95 Å². The smallest absolute Gasteiger partial charge is 0.273 e. The minimum absolute atomic E-state index is 0.212. The molecule has 5 rings (SSSR count). The number of aromatic nitrogens is 5. The predicted molar refractivity (Wildman–Crippen MR) is 110 cm³/mol. The number of rotatable bonds is 3. The third-order valence-corrected chi connectivity index (χ3v) is 5.05. The van der Waals surface area contributed by atoms with Crippen molar-refractivity contribution < 1.29 is 4.74 Å². The van der Waals surface area contributed by atoms with Crippen molar-refractivity contribution in [3.05, 3.63) is 64.2 Å². The molecule has 1 aromatic carbocycles. The molecule has 0 aliphatic carbocycles. The van der Waals surface area contributed by atoms with Crippen LogP contribution in [0.25, 0.3) is 28.2 Å². The van der Waals surface area contributed by atoms with Crippen LogP contribution in [0, 0.1) is 0 Å². The molecular formula is C20H17ClN6O2. The summed E-state index contributed by atoms with van der Waals surface area (Å²) in [6, 6.07) is 10.7. The molecule has 29 heavy (non-hydrogen) atoms. The number of ether oxygens (including phenoxy) is 1. The van der Waals surface area contributed by atoms with Crippen LogP contribution in [0.1, 0.15) is 0 Å². The number of hydrogen-bond acceptors (Lipinski definition) is 6. The molecule has 0 spiro atoms. The number of hydrogen-bond donors (Lipinski definition) is 1. The quantitative estimate of drug-likeness (QED) is 0.560. The largest absolute Gasteiger partial charge is 0.378 e. The molecule has 146 valence electrons. The second-order valence-electron chi connectivity index (χ2n) is 6.72. The lowest BCUT2D eigenvalue weighted by molar-refractivity contribution is 0.122. The van der Waals surface area contributed by atoms with Crippen LogP contribution in [-0.2, 0) is 4.74 Å². The number of morpholine rings is 1. The minimum atomic E-state index is -0.212. The summed E-state index contributed by atoms with van der Waals surface area (Å²) in [4.78, 5) is 28.2. The van der Waals surface area contributed by atoms with Gasteiger partial charge in [0.1, 0.15) is 0 Å². The van der Waals surface area contributed by atoms with Crippen LogP contribution >= 0.6 is 11.6 Å². The highest BCUT2D eigenvalue weighted by molar-refractivity contribution is 6.30. The molecule has 0 bridgehead atoms. The Morgan fingerprint density at radius 1 is 1.03 bits per heavy atom. The Morgan fingerprint density at radius 2 is 1.83 bits per heavy atom. The molecule has 3 aromatic heterocycles. The van der Waals surface area contributed by atoms with Gasteiger partial charge in [0, 0.05) is 53.8 Å². The van der Waals surface area contributed by atoms with Crippen molar-refractivity contribution in [2.45, 2.75) is 0 Å². The van der Waals surface area contributed by atoms with Crippen LogP contribution in [0.2, 0.25) is 5.02 Å². The van der Waals surface area contributed by atoms with Crippen LogP contribution in [0.15, 0.2) is 53.6 Å². The van der Waals surface area contributed by atoms with Gasteiger partial charge in [-0.2, -0.15) is 0 Å². The Kier molecular flexibility index (Phi) is 4.49. The van der Waals surface area contributed by atoms with Gasteiger partial charge in [-0.1, -0.05) is 23.7 Å². The summed E-state index contributed by atoms with van der Waals surface area (Å²) in [5.74, 6) is 0.653. The highest BCUT2D eigenvalue weighted by atomic mass is 35.5. The highest BCUT2D eigenvalue weighted by Crippen LogP contribution is 2.23. The van der Waals surface area contributed by atoms with Gasteiger partial charge < -0.3 is 9.64 Å². The molecule has 1 aliphatic rings. The highest BCUT2D eigenvalue weighted by Gasteiger charge is 2.15. The lowest BCUT2D eigenvalue weighted by Gasteiger charge is -2.26. The van der Waals surface area contributed by atoms with Gasteiger partial charge in [-0.15, -0.1) is 0 Å². The maximum absolute atomic E-state index is 12.6. The maximum Gasteiger partial charge on any atom is 0.273 e. The zero-order chi connectivity index (χ0) is 19.8. The van der Waals surface area contributed by atoms with E-state index in [-0.39, 0.29) is 5.56 Å². The summed E-state index contributed by atoms with van der Waals surface area (Å²) in [5.41, 5.74) is 3.15. The second-order valence-corrected chi connectivity index (χ2v) is 7.16. The standard InChI is InChI=1S/C20H17ClN6O2/c21-15-3-1-2-13(8-15)17-9-18-24-16(10-19(28)27(18)25-17)14-11-22-20(23-12-14)26-4-6-29-7-5-26/h1-3,8-12,25H,4-7H2. The van der Waals surface area contributed by atoms with Crippen LogP contribution in [0.3, 0.4) is 0 Å². The van der Waals surface area contributed by atoms with Gasteiger partial charge in [-0.25, -0.2) is 19.5 Å². The van der Waals surface area contributed by atoms with E-state index in [1.54, 1.807) is 18.5 Å². The zero-order valence-electron chi connectivity index (χ0n) is 15.4. The monoisotopic (exact) mass is 408 g/mol. The van der Waals surface area contributed by atoms with E-state index < -0.39 is 0 Å². The number of nitrogens with zero attached hydrogens (tertiary/aromatic N) is 5. The number of anilines is 1. The first-order valence-electron chi connectivity index (χ1n) is 9.21. The Bertz CT molecular complexity index is 1230. The van der Waals surface area contributed by atoms with Crippen molar-refractivity contribution in [3.8, 4) is 22.5 Å². The summed E-state index contributed by atoms with van der Waals surface area (Å²) < 4.78 is 6.76. The Morgan fingerprint density at radius 3 is 2.59 bits per heavy atom. The van der Waals surface area contributed by atoms with Crippen LogP contribution in [0.5, 0.6) is 0 Å². The van der Waals surface area contributed by atoms with E-state index in [9.17, 15) is 4.79 Å². The summed E-state index contributed by atoms with van der Waals surface area (Å²) >= 11 is 6.08. The molecule has 0 radical (unpaired) electrons. The third kappa shape index (κ3) is 3.48. The van der Waals surface area contributed by atoms with Gasteiger partial charge >= 0.3 is 0 Å². The third-order valence-electron chi connectivity index (χ3n) is 4.81. The predicted octanol–water partition coefficient (Wildman–Crippen LogP) is 2.64. The summed E-state index contributed by atoms with van der Waals surface area (Å²) in [6.07, 6.45) is 3.39. The minimum Gasteiger partial charge on any atom is -0.378 e. The van der Waals surface area contributed by atoms with Crippen LogP contribution < -0.4 is 10.5 Å². The van der Waals surface area contributed by atoms with E-state index >= 15 is 0 Å². The Hall–Kier alpha value is -3.23. The van der Waals surface area contributed by atoms with Crippen molar-refractivity contribution in [1.82, 2.24) is 24.6 Å². The molecule has 4 aromatic rings. The number of nitrogens with one attached hydrogen (secondary N) is 1. The number of H-pyrrole nitrogens is 1. The fourth-order valence-electron chi connectivity index (χ4n) is 3.32. The second kappa shape index (κ2) is 7.31. The first kappa shape index (κ1) is 17.8. The fraction of sp³-hybridized carbons (Fsp3) is 0.200. The van der Waals surface area contributed by atoms with E-state index in [0.29, 0.717) is 41.1 Å². The SMILES string of the molecule is O=c1cc(-c2cnc(N3CCOCC3)nc2)nc2cc(-c3cccc(Cl)c3)[nH]n12. The average Bonchev–Trinajstić information content (AvgIpc) is 3.20. The first-order valence-corrected chi connectivity index (χ1v) is 9.59. The molecule has 1 aliphatic heterocycles. The number of aromatic amines is 1. The molecule has 1 N–H and O–H groups in total. The van der Waals surface area contributed by atoms with Crippen molar-refractivity contribution in [3.63, 3.8) is 0 Å². The van der Waals surface area contributed by atoms with E-state index in [2.05, 4.69) is 25.0 Å². The van der Waals surface area contributed by atoms with E-state index in [1.165, 1.54) is 10.6 Å². The van der Waals surface area contributed by atoms with Crippen molar-refractivity contribution in [2.75, 3.05) is 31.2 Å². The Labute approximate surface area is 170 Å². The molecule has 1 fully saturated rings. The molecular weight excluding hydrogens is 392 g/mol. The summed E-state index contributed by atoms with van der Waals surface area (Å²) in [6.45, 7) is 2.87. The topological polar surface area (TPSA) is 88.4 Å². The summed E-state index contributed by atoms with van der Waals surface area (Å²) in [5, 5.41) is 3.70. The molecule has 8 nitrogen and oxygen atoms in total. The first-order chi connectivity index (χ1) is 14.2. The van der Waals surface area contributed by atoms with Gasteiger partial charge in [-0.05, 0) is 12.1 Å². The molecule has 0 unspecified atom stereocenters. The molecule has 4 heterocycles. The van der Waals surface area contributed by atoms with Crippen molar-refractivity contribution >= 4 is 23.2 Å². The summed E-state index contributed by atoms with van der Waals surface area (Å²) in [7, 11) is 0. The molecule has 9 heteroatoms. The normalized spacial score (nSPS) is 14.4. The van der Waals surface area contributed by atoms with Crippen LogP contribution in [0.4, 0.5) is 5.95 Å².